The minimum atomic E-state index is -0.932. The monoisotopic (exact) mass is 294 g/mol. The molecule has 1 aromatic rings. The Hall–Kier alpha value is -2.08. The highest BCUT2D eigenvalue weighted by Crippen LogP contribution is 2.08. The molecule has 1 rings (SSSR count). The number of carbonyl (C=O) groups excluding carboxylic acids is 1. The Morgan fingerprint density at radius 1 is 1.10 bits per heavy atom. The van der Waals surface area contributed by atoms with Crippen LogP contribution in [0.4, 0.5) is 4.79 Å². The normalized spacial score (nSPS) is 10.2. The third-order valence-electron chi connectivity index (χ3n) is 3.10. The molecule has 0 spiro atoms. The Morgan fingerprint density at radius 2 is 1.76 bits per heavy atom. The molecule has 1 aromatic carbocycles. The van der Waals surface area contributed by atoms with Crippen LogP contribution in [0.2, 0.25) is 0 Å². The van der Waals surface area contributed by atoms with E-state index in [9.17, 15) is 9.59 Å². The average Bonchev–Trinajstić information content (AvgIpc) is 2.48. The molecule has 0 aromatic heterocycles. The fourth-order valence-electron chi connectivity index (χ4n) is 1.99. The molecule has 0 aliphatic heterocycles. The van der Waals surface area contributed by atoms with Gasteiger partial charge in [0.05, 0.1) is 13.0 Å². The quantitative estimate of drug-likeness (QED) is 0.759. The third-order valence-corrected chi connectivity index (χ3v) is 3.10. The summed E-state index contributed by atoms with van der Waals surface area (Å²) in [6.45, 7) is 2.89. The van der Waals surface area contributed by atoms with Crippen molar-refractivity contribution in [1.29, 1.82) is 0 Å². The first-order chi connectivity index (χ1) is 10.1. The molecule has 6 heteroatoms. The molecule has 0 heterocycles. The van der Waals surface area contributed by atoms with E-state index in [0.717, 1.165) is 5.56 Å². The lowest BCUT2D eigenvalue weighted by Gasteiger charge is -2.29. The van der Waals surface area contributed by atoms with Gasteiger partial charge in [0.1, 0.15) is 0 Å². The summed E-state index contributed by atoms with van der Waals surface area (Å²) in [5.41, 5.74) is 0.966. The molecule has 0 unspecified atom stereocenters. The van der Waals surface area contributed by atoms with Gasteiger partial charge in [0.15, 0.2) is 0 Å². The summed E-state index contributed by atoms with van der Waals surface area (Å²) in [7, 11) is 0. The molecule has 0 aliphatic carbocycles. The molecule has 0 bridgehead atoms. The van der Waals surface area contributed by atoms with E-state index < -0.39 is 5.97 Å². The van der Waals surface area contributed by atoms with Crippen LogP contribution in [0.1, 0.15) is 18.9 Å². The van der Waals surface area contributed by atoms with Crippen molar-refractivity contribution in [1.82, 2.24) is 9.80 Å². The summed E-state index contributed by atoms with van der Waals surface area (Å²) < 4.78 is 0. The van der Waals surface area contributed by atoms with E-state index in [-0.39, 0.29) is 32.1 Å². The van der Waals surface area contributed by atoms with Gasteiger partial charge >= 0.3 is 12.0 Å². The van der Waals surface area contributed by atoms with E-state index in [1.807, 2.05) is 30.3 Å². The Bertz CT molecular complexity index is 450. The molecule has 0 saturated carbocycles. The van der Waals surface area contributed by atoms with Crippen molar-refractivity contribution in [2.75, 3.05) is 26.2 Å². The number of carboxylic acid groups (broad SMARTS) is 1. The van der Waals surface area contributed by atoms with Gasteiger partial charge in [0.2, 0.25) is 0 Å². The van der Waals surface area contributed by atoms with Gasteiger partial charge in [0, 0.05) is 26.2 Å². The molecule has 0 fully saturated rings. The van der Waals surface area contributed by atoms with Gasteiger partial charge in [-0.15, -0.1) is 0 Å². The van der Waals surface area contributed by atoms with Crippen LogP contribution in [-0.4, -0.2) is 58.3 Å². The number of carbonyl (C=O) groups is 2. The summed E-state index contributed by atoms with van der Waals surface area (Å²) in [6, 6.07) is 9.23. The maximum Gasteiger partial charge on any atom is 0.320 e. The first kappa shape index (κ1) is 17.0. The molecule has 21 heavy (non-hydrogen) atoms. The number of carboxylic acids is 1. The second-order valence-electron chi connectivity index (χ2n) is 4.64. The van der Waals surface area contributed by atoms with E-state index in [4.69, 9.17) is 10.2 Å². The summed E-state index contributed by atoms with van der Waals surface area (Å²) in [6.07, 6.45) is -0.0854. The van der Waals surface area contributed by atoms with Crippen molar-refractivity contribution in [2.24, 2.45) is 0 Å². The van der Waals surface area contributed by atoms with Crippen LogP contribution in [-0.2, 0) is 11.3 Å². The van der Waals surface area contributed by atoms with Crippen LogP contribution in [0.5, 0.6) is 0 Å². The minimum Gasteiger partial charge on any atom is -0.481 e. The van der Waals surface area contributed by atoms with Gasteiger partial charge in [-0.05, 0) is 12.5 Å². The molecular weight excluding hydrogens is 272 g/mol. The molecule has 6 nitrogen and oxygen atoms in total. The Balaban J connectivity index is 2.72. The highest BCUT2D eigenvalue weighted by Gasteiger charge is 2.20. The van der Waals surface area contributed by atoms with Gasteiger partial charge in [-0.2, -0.15) is 0 Å². The van der Waals surface area contributed by atoms with Gasteiger partial charge in [-0.1, -0.05) is 30.3 Å². The van der Waals surface area contributed by atoms with Crippen molar-refractivity contribution in [3.63, 3.8) is 0 Å². The molecule has 0 aliphatic rings. The van der Waals surface area contributed by atoms with Gasteiger partial charge in [-0.3, -0.25) is 4.79 Å². The standard InChI is InChI=1S/C15H22N2O4/c1-2-16(9-8-14(19)20)15(21)17(10-11-18)12-13-6-4-3-5-7-13/h3-7,18H,2,8-12H2,1H3,(H,19,20). The largest absolute Gasteiger partial charge is 0.481 e. The Kier molecular flexibility index (Phi) is 7.25. The van der Waals surface area contributed by atoms with Crippen LogP contribution >= 0.6 is 0 Å². The molecule has 0 saturated heterocycles. The van der Waals surface area contributed by atoms with Gasteiger partial charge in [0.25, 0.3) is 0 Å². The lowest BCUT2D eigenvalue weighted by molar-refractivity contribution is -0.137. The topological polar surface area (TPSA) is 81.1 Å². The Morgan fingerprint density at radius 3 is 2.29 bits per heavy atom. The lowest BCUT2D eigenvalue weighted by atomic mass is 10.2. The average molecular weight is 294 g/mol. The number of hydrogen-bond acceptors (Lipinski definition) is 3. The molecule has 0 radical (unpaired) electrons. The number of aliphatic carboxylic acids is 1. The summed E-state index contributed by atoms with van der Waals surface area (Å²) in [5, 5.41) is 17.9. The van der Waals surface area contributed by atoms with Crippen LogP contribution < -0.4 is 0 Å². The van der Waals surface area contributed by atoms with E-state index in [2.05, 4.69) is 0 Å². The third kappa shape index (κ3) is 5.83. The second-order valence-corrected chi connectivity index (χ2v) is 4.64. The molecule has 0 atom stereocenters. The minimum absolute atomic E-state index is 0.0854. The van der Waals surface area contributed by atoms with Crippen molar-refractivity contribution >= 4 is 12.0 Å². The number of hydrogen-bond donors (Lipinski definition) is 2. The number of rotatable bonds is 8. The van der Waals surface area contributed by atoms with Gasteiger partial charge in [-0.25, -0.2) is 4.79 Å². The van der Waals surface area contributed by atoms with Crippen LogP contribution in [0.25, 0.3) is 0 Å². The number of aliphatic hydroxyl groups excluding tert-OH is 1. The van der Waals surface area contributed by atoms with Crippen LogP contribution in [0, 0.1) is 0 Å². The van der Waals surface area contributed by atoms with Crippen molar-refractivity contribution in [3.8, 4) is 0 Å². The second kappa shape index (κ2) is 8.97. The maximum atomic E-state index is 12.4. The number of urea groups is 1. The van der Waals surface area contributed by atoms with E-state index >= 15 is 0 Å². The highest BCUT2D eigenvalue weighted by molar-refractivity contribution is 5.75. The van der Waals surface area contributed by atoms with Crippen LogP contribution in [0.3, 0.4) is 0 Å². The number of amides is 2. The van der Waals surface area contributed by atoms with Crippen molar-refractivity contribution in [3.05, 3.63) is 35.9 Å². The molecular formula is C15H22N2O4. The first-order valence-electron chi connectivity index (χ1n) is 6.99. The van der Waals surface area contributed by atoms with Crippen molar-refractivity contribution < 1.29 is 19.8 Å². The molecule has 2 N–H and O–H groups in total. The van der Waals surface area contributed by atoms with E-state index in [1.165, 1.54) is 9.80 Å². The first-order valence-corrected chi connectivity index (χ1v) is 6.99. The summed E-state index contributed by atoms with van der Waals surface area (Å²) in [4.78, 5) is 26.1. The Labute approximate surface area is 124 Å². The van der Waals surface area contributed by atoms with Crippen LogP contribution in [0.15, 0.2) is 30.3 Å². The highest BCUT2D eigenvalue weighted by atomic mass is 16.4. The van der Waals surface area contributed by atoms with E-state index in [1.54, 1.807) is 6.92 Å². The zero-order valence-electron chi connectivity index (χ0n) is 12.2. The zero-order valence-corrected chi connectivity index (χ0v) is 12.2. The SMILES string of the molecule is CCN(CCC(=O)O)C(=O)N(CCO)Cc1ccccc1. The lowest BCUT2D eigenvalue weighted by Crippen LogP contribution is -2.44. The number of nitrogens with zero attached hydrogens (tertiary/aromatic N) is 2. The fourth-order valence-corrected chi connectivity index (χ4v) is 1.99. The zero-order chi connectivity index (χ0) is 15.7. The fraction of sp³-hybridized carbons (Fsp3) is 0.467. The summed E-state index contributed by atoms with van der Waals surface area (Å²) in [5.74, 6) is -0.932. The predicted octanol–water partition coefficient (Wildman–Crippen LogP) is 1.40. The smallest absolute Gasteiger partial charge is 0.320 e. The maximum absolute atomic E-state index is 12.4. The van der Waals surface area contributed by atoms with E-state index in [0.29, 0.717) is 13.1 Å². The number of aliphatic hydroxyl groups is 1. The molecule has 116 valence electrons. The van der Waals surface area contributed by atoms with Crippen molar-refractivity contribution in [2.45, 2.75) is 19.9 Å². The molecule has 2 amide bonds. The predicted molar refractivity (Wildman–Crippen MR) is 78.8 cm³/mol. The summed E-state index contributed by atoms with van der Waals surface area (Å²) >= 11 is 0. The van der Waals surface area contributed by atoms with Gasteiger partial charge < -0.3 is 20.0 Å². The number of benzene rings is 1.